The minimum absolute atomic E-state index is 0.237. The summed E-state index contributed by atoms with van der Waals surface area (Å²) in [6.45, 7) is 6.66. The van der Waals surface area contributed by atoms with Gasteiger partial charge in [0, 0.05) is 0 Å². The van der Waals surface area contributed by atoms with Crippen LogP contribution in [0.25, 0.3) is 0 Å². The molecule has 4 nitrogen and oxygen atoms in total. The van der Waals surface area contributed by atoms with Gasteiger partial charge in [-0.3, -0.25) is 0 Å². The number of unbranched alkanes of at least 4 members (excludes halogenated alkanes) is 3. The SMILES string of the molecule is CCC[CH2][Sn]([CH2]CCC)([CH2]CCC)[c]1cc(=O)[nH]c(=O)[nH]1. The second-order valence-corrected chi connectivity index (χ2v) is 19.2. The Morgan fingerprint density at radius 3 is 1.71 bits per heavy atom. The van der Waals surface area contributed by atoms with Crippen LogP contribution in [0.4, 0.5) is 0 Å². The van der Waals surface area contributed by atoms with E-state index in [1.165, 1.54) is 51.8 Å². The molecule has 120 valence electrons. The van der Waals surface area contributed by atoms with Gasteiger partial charge in [-0.1, -0.05) is 0 Å². The fourth-order valence-electron chi connectivity index (χ4n) is 3.08. The van der Waals surface area contributed by atoms with E-state index >= 15 is 0 Å². The molecule has 0 amide bonds. The van der Waals surface area contributed by atoms with Gasteiger partial charge in [0.15, 0.2) is 0 Å². The maximum absolute atomic E-state index is 11.7. The number of hydrogen-bond donors (Lipinski definition) is 2. The van der Waals surface area contributed by atoms with E-state index in [0.717, 1.165) is 3.71 Å². The molecule has 0 spiro atoms. The number of H-pyrrole nitrogens is 2. The van der Waals surface area contributed by atoms with Crippen LogP contribution in [0.1, 0.15) is 59.3 Å². The third-order valence-electron chi connectivity index (χ3n) is 4.36. The Kier molecular flexibility index (Phi) is 8.37. The molecule has 0 saturated carbocycles. The van der Waals surface area contributed by atoms with E-state index in [0.29, 0.717) is 0 Å². The summed E-state index contributed by atoms with van der Waals surface area (Å²) in [6, 6.07) is 1.69. The predicted octanol–water partition coefficient (Wildman–Crippen LogP) is 3.12. The van der Waals surface area contributed by atoms with Gasteiger partial charge in [0.1, 0.15) is 0 Å². The van der Waals surface area contributed by atoms with Crippen LogP contribution in [0.2, 0.25) is 13.3 Å². The van der Waals surface area contributed by atoms with Crippen molar-refractivity contribution in [1.29, 1.82) is 0 Å². The number of aromatic amines is 2. The maximum atomic E-state index is 11.7. The Labute approximate surface area is 131 Å². The summed E-state index contributed by atoms with van der Waals surface area (Å²) in [4.78, 5) is 28.8. The molecule has 0 aliphatic carbocycles. The number of hydrogen-bond acceptors (Lipinski definition) is 2. The van der Waals surface area contributed by atoms with E-state index < -0.39 is 18.4 Å². The Morgan fingerprint density at radius 1 is 0.857 bits per heavy atom. The summed E-state index contributed by atoms with van der Waals surface area (Å²) in [5.41, 5.74) is -0.567. The molecule has 0 aliphatic heterocycles. The van der Waals surface area contributed by atoms with Crippen molar-refractivity contribution >= 4 is 22.1 Å². The van der Waals surface area contributed by atoms with E-state index in [4.69, 9.17) is 0 Å². The molecule has 0 saturated heterocycles. The molecular weight excluding hydrogens is 371 g/mol. The zero-order chi connectivity index (χ0) is 15.7. The molecule has 0 fully saturated rings. The molecule has 5 heteroatoms. The van der Waals surface area contributed by atoms with E-state index in [9.17, 15) is 9.59 Å². The number of nitrogens with one attached hydrogen (secondary N) is 2. The first-order chi connectivity index (χ1) is 10.1. The first-order valence-electron chi connectivity index (χ1n) is 8.42. The summed E-state index contributed by atoms with van der Waals surface area (Å²) in [5, 5.41) is 0. The van der Waals surface area contributed by atoms with E-state index in [1.807, 2.05) is 0 Å². The van der Waals surface area contributed by atoms with Gasteiger partial charge in [-0.2, -0.15) is 0 Å². The van der Waals surface area contributed by atoms with Gasteiger partial charge in [-0.15, -0.1) is 0 Å². The fourth-order valence-corrected chi connectivity index (χ4v) is 18.7. The second-order valence-electron chi connectivity index (χ2n) is 6.09. The van der Waals surface area contributed by atoms with Gasteiger partial charge in [-0.05, 0) is 0 Å². The molecule has 0 radical (unpaired) electrons. The molecule has 2 N–H and O–H groups in total. The summed E-state index contributed by atoms with van der Waals surface area (Å²) < 4.78 is 4.81. The van der Waals surface area contributed by atoms with Gasteiger partial charge in [0.25, 0.3) is 0 Å². The Hall–Kier alpha value is -0.521. The van der Waals surface area contributed by atoms with Crippen LogP contribution in [0.5, 0.6) is 0 Å². The van der Waals surface area contributed by atoms with E-state index in [2.05, 4.69) is 30.7 Å². The first-order valence-corrected chi connectivity index (χ1v) is 15.9. The molecule has 0 aliphatic rings. The van der Waals surface area contributed by atoms with Gasteiger partial charge >= 0.3 is 132 Å². The molecule has 0 atom stereocenters. The average molecular weight is 401 g/mol. The molecule has 0 aromatic carbocycles. The molecule has 1 aromatic heterocycles. The van der Waals surface area contributed by atoms with Crippen molar-refractivity contribution in [1.82, 2.24) is 9.97 Å². The van der Waals surface area contributed by atoms with Crippen molar-refractivity contribution in [3.8, 4) is 0 Å². The molecule has 1 rings (SSSR count). The number of rotatable bonds is 10. The van der Waals surface area contributed by atoms with Crippen LogP contribution < -0.4 is 15.0 Å². The minimum atomic E-state index is -2.66. The normalized spacial score (nSPS) is 11.8. The van der Waals surface area contributed by atoms with Crippen LogP contribution in [-0.4, -0.2) is 28.3 Å². The van der Waals surface area contributed by atoms with Crippen LogP contribution >= 0.6 is 0 Å². The van der Waals surface area contributed by atoms with Crippen LogP contribution in [-0.2, 0) is 0 Å². The Balaban J connectivity index is 3.21. The fraction of sp³-hybridized carbons (Fsp3) is 0.750. The topological polar surface area (TPSA) is 65.7 Å². The molecule has 0 unspecified atom stereocenters. The van der Waals surface area contributed by atoms with Crippen LogP contribution in [0.3, 0.4) is 0 Å². The summed E-state index contributed by atoms with van der Waals surface area (Å²) in [7, 11) is 0. The van der Waals surface area contributed by atoms with Crippen molar-refractivity contribution in [2.75, 3.05) is 0 Å². The first kappa shape index (κ1) is 18.5. The molecule has 21 heavy (non-hydrogen) atoms. The summed E-state index contributed by atoms with van der Waals surface area (Å²) >= 11 is -2.66. The summed E-state index contributed by atoms with van der Waals surface area (Å²) in [5.74, 6) is 0. The molecular formula is C16H30N2O2Sn. The molecule has 1 heterocycles. The van der Waals surface area contributed by atoms with Gasteiger partial charge < -0.3 is 0 Å². The molecule has 1 aromatic rings. The van der Waals surface area contributed by atoms with Crippen molar-refractivity contribution in [3.05, 3.63) is 26.9 Å². The van der Waals surface area contributed by atoms with Gasteiger partial charge in [0.05, 0.1) is 0 Å². The molecule has 0 bridgehead atoms. The van der Waals surface area contributed by atoms with Crippen molar-refractivity contribution in [2.45, 2.75) is 72.6 Å². The quantitative estimate of drug-likeness (QED) is 0.592. The Morgan fingerprint density at radius 2 is 1.33 bits per heavy atom. The second kappa shape index (κ2) is 9.49. The Bertz CT molecular complexity index is 471. The monoisotopic (exact) mass is 402 g/mol. The zero-order valence-corrected chi connectivity index (χ0v) is 16.6. The van der Waals surface area contributed by atoms with Crippen molar-refractivity contribution in [2.24, 2.45) is 0 Å². The summed E-state index contributed by atoms with van der Waals surface area (Å²) in [6.07, 6.45) is 7.22. The standard InChI is InChI=1S/C4H3N2O2.3C4H9.Sn/c7-3-1-2-5-4(8)6-3;3*1-3-4-2;/h1H,(H2,5,6,7,8);3*1,3-4H2,2H3;. The zero-order valence-electron chi connectivity index (χ0n) is 13.8. The number of aromatic nitrogens is 2. The average Bonchev–Trinajstić information content (AvgIpc) is 2.46. The van der Waals surface area contributed by atoms with E-state index in [-0.39, 0.29) is 11.2 Å². The third-order valence-corrected chi connectivity index (χ3v) is 19.6. The van der Waals surface area contributed by atoms with Crippen molar-refractivity contribution in [3.63, 3.8) is 0 Å². The van der Waals surface area contributed by atoms with Crippen molar-refractivity contribution < 1.29 is 0 Å². The predicted molar refractivity (Wildman–Crippen MR) is 92.2 cm³/mol. The third kappa shape index (κ3) is 5.64. The van der Waals surface area contributed by atoms with Gasteiger partial charge in [-0.25, -0.2) is 0 Å². The van der Waals surface area contributed by atoms with E-state index in [1.54, 1.807) is 6.07 Å². The van der Waals surface area contributed by atoms with Crippen LogP contribution in [0.15, 0.2) is 15.7 Å². The van der Waals surface area contributed by atoms with Gasteiger partial charge in [0.2, 0.25) is 0 Å². The van der Waals surface area contributed by atoms with Crippen LogP contribution in [0, 0.1) is 0 Å².